The third-order valence-electron chi connectivity index (χ3n) is 3.54. The van der Waals surface area contributed by atoms with E-state index >= 15 is 0 Å². The van der Waals surface area contributed by atoms with Crippen LogP contribution in [0.3, 0.4) is 0 Å². The fourth-order valence-electron chi connectivity index (χ4n) is 2.44. The number of halogens is 1. The van der Waals surface area contributed by atoms with Crippen molar-refractivity contribution in [1.29, 1.82) is 0 Å². The Hall–Kier alpha value is -1.33. The largest absolute Gasteiger partial charge is 0.285 e. The normalized spacial score (nSPS) is 20.6. The van der Waals surface area contributed by atoms with Gasteiger partial charge in [0.15, 0.2) is 5.17 Å². The van der Waals surface area contributed by atoms with Gasteiger partial charge in [-0.25, -0.2) is 0 Å². The number of carbonyl (C=O) groups is 1. The zero-order chi connectivity index (χ0) is 14.7. The van der Waals surface area contributed by atoms with Crippen LogP contribution in [0.4, 0.5) is 0 Å². The lowest BCUT2D eigenvalue weighted by molar-refractivity contribution is -0.124. The number of thioether (sulfide) groups is 1. The van der Waals surface area contributed by atoms with Gasteiger partial charge in [0.25, 0.3) is 0 Å². The van der Waals surface area contributed by atoms with E-state index in [1.807, 2.05) is 24.3 Å². The second-order valence-electron chi connectivity index (χ2n) is 5.15. The van der Waals surface area contributed by atoms with E-state index in [2.05, 4.69) is 10.2 Å². The maximum Gasteiger partial charge on any atom is 0.239 e. The quantitative estimate of drug-likeness (QED) is 0.797. The number of amides is 1. The summed E-state index contributed by atoms with van der Waals surface area (Å²) in [6, 6.07) is 7.55. The van der Waals surface area contributed by atoms with Crippen molar-refractivity contribution in [3.63, 3.8) is 0 Å². The molecular weight excluding hydrogens is 306 g/mol. The summed E-state index contributed by atoms with van der Waals surface area (Å²) in [7, 11) is 0. The molecule has 1 aromatic carbocycles. The SMILES string of the molecule is O=C1CS/C(=N\N=C2CCCC2)N1Cc1cccc(Cl)c1. The molecule has 1 aliphatic heterocycles. The van der Waals surface area contributed by atoms with Crippen LogP contribution in [-0.2, 0) is 11.3 Å². The van der Waals surface area contributed by atoms with E-state index in [1.165, 1.54) is 24.6 Å². The highest BCUT2D eigenvalue weighted by molar-refractivity contribution is 8.15. The Morgan fingerprint density at radius 1 is 1.24 bits per heavy atom. The molecule has 2 aliphatic rings. The molecule has 2 fully saturated rings. The third kappa shape index (κ3) is 3.66. The molecule has 1 aliphatic carbocycles. The molecule has 3 rings (SSSR count). The van der Waals surface area contributed by atoms with Crippen LogP contribution < -0.4 is 0 Å². The van der Waals surface area contributed by atoms with Crippen molar-refractivity contribution < 1.29 is 4.79 Å². The van der Waals surface area contributed by atoms with Crippen molar-refractivity contribution in [3.8, 4) is 0 Å². The monoisotopic (exact) mass is 321 g/mol. The van der Waals surface area contributed by atoms with Crippen LogP contribution in [0.2, 0.25) is 5.02 Å². The molecule has 0 aromatic heterocycles. The molecule has 1 amide bonds. The van der Waals surface area contributed by atoms with Gasteiger partial charge in [0.1, 0.15) is 0 Å². The number of amidine groups is 1. The minimum atomic E-state index is 0.0744. The Labute approximate surface area is 133 Å². The average Bonchev–Trinajstić information content (AvgIpc) is 3.09. The van der Waals surface area contributed by atoms with Gasteiger partial charge in [0.05, 0.1) is 12.3 Å². The summed E-state index contributed by atoms with van der Waals surface area (Å²) in [4.78, 5) is 13.7. The maximum atomic E-state index is 12.0. The van der Waals surface area contributed by atoms with E-state index in [9.17, 15) is 4.79 Å². The molecule has 0 atom stereocenters. The van der Waals surface area contributed by atoms with Crippen molar-refractivity contribution in [2.75, 3.05) is 5.75 Å². The van der Waals surface area contributed by atoms with Gasteiger partial charge >= 0.3 is 0 Å². The fourth-order valence-corrected chi connectivity index (χ4v) is 3.48. The van der Waals surface area contributed by atoms with E-state index < -0.39 is 0 Å². The van der Waals surface area contributed by atoms with Gasteiger partial charge in [-0.3, -0.25) is 9.69 Å². The third-order valence-corrected chi connectivity index (χ3v) is 4.73. The van der Waals surface area contributed by atoms with E-state index in [0.717, 1.165) is 24.1 Å². The highest BCUT2D eigenvalue weighted by atomic mass is 35.5. The lowest BCUT2D eigenvalue weighted by Crippen LogP contribution is -2.28. The number of nitrogens with zero attached hydrogens (tertiary/aromatic N) is 3. The predicted octanol–water partition coefficient (Wildman–Crippen LogP) is 3.70. The molecule has 0 radical (unpaired) electrons. The highest BCUT2D eigenvalue weighted by Crippen LogP contribution is 2.23. The Morgan fingerprint density at radius 3 is 2.81 bits per heavy atom. The Balaban J connectivity index is 1.76. The molecule has 0 spiro atoms. The molecule has 0 unspecified atom stereocenters. The van der Waals surface area contributed by atoms with Gasteiger partial charge < -0.3 is 0 Å². The summed E-state index contributed by atoms with van der Waals surface area (Å²) in [5.41, 5.74) is 2.14. The zero-order valence-corrected chi connectivity index (χ0v) is 13.2. The summed E-state index contributed by atoms with van der Waals surface area (Å²) in [5.74, 6) is 0.509. The Morgan fingerprint density at radius 2 is 2.05 bits per heavy atom. The molecular formula is C15H16ClN3OS. The number of hydrogen-bond acceptors (Lipinski definition) is 4. The van der Waals surface area contributed by atoms with Crippen molar-refractivity contribution in [2.45, 2.75) is 32.2 Å². The zero-order valence-electron chi connectivity index (χ0n) is 11.6. The Kier molecular flexibility index (Phi) is 4.60. The second-order valence-corrected chi connectivity index (χ2v) is 6.53. The summed E-state index contributed by atoms with van der Waals surface area (Å²) in [5, 5.41) is 9.98. The number of hydrogen-bond donors (Lipinski definition) is 0. The van der Waals surface area contributed by atoms with Crippen LogP contribution in [-0.4, -0.2) is 27.4 Å². The molecule has 0 bridgehead atoms. The number of benzene rings is 1. The molecule has 1 saturated carbocycles. The molecule has 21 heavy (non-hydrogen) atoms. The van der Waals surface area contributed by atoms with E-state index in [4.69, 9.17) is 11.6 Å². The smallest absolute Gasteiger partial charge is 0.239 e. The van der Waals surface area contributed by atoms with E-state index in [-0.39, 0.29) is 5.91 Å². The average molecular weight is 322 g/mol. The summed E-state index contributed by atoms with van der Waals surface area (Å²) in [6.45, 7) is 0.496. The van der Waals surface area contributed by atoms with E-state index in [0.29, 0.717) is 22.5 Å². The van der Waals surface area contributed by atoms with Gasteiger partial charge in [-0.15, -0.1) is 5.10 Å². The molecule has 110 valence electrons. The number of rotatable bonds is 3. The van der Waals surface area contributed by atoms with Crippen LogP contribution in [0.15, 0.2) is 34.5 Å². The van der Waals surface area contributed by atoms with Crippen LogP contribution in [0, 0.1) is 0 Å². The molecule has 1 heterocycles. The van der Waals surface area contributed by atoms with Crippen LogP contribution in [0.1, 0.15) is 31.2 Å². The van der Waals surface area contributed by atoms with Crippen molar-refractivity contribution in [2.24, 2.45) is 10.2 Å². The summed E-state index contributed by atoms with van der Waals surface area (Å²) in [6.07, 6.45) is 4.46. The highest BCUT2D eigenvalue weighted by Gasteiger charge is 2.28. The van der Waals surface area contributed by atoms with Crippen molar-refractivity contribution in [1.82, 2.24) is 4.90 Å². The minimum absolute atomic E-state index is 0.0744. The molecule has 1 saturated heterocycles. The first-order valence-corrected chi connectivity index (χ1v) is 8.40. The van der Waals surface area contributed by atoms with E-state index in [1.54, 1.807) is 4.90 Å². The minimum Gasteiger partial charge on any atom is -0.285 e. The predicted molar refractivity (Wildman–Crippen MR) is 87.8 cm³/mol. The first-order chi connectivity index (χ1) is 10.2. The first-order valence-electron chi connectivity index (χ1n) is 7.03. The summed E-state index contributed by atoms with van der Waals surface area (Å²) < 4.78 is 0. The van der Waals surface area contributed by atoms with Crippen LogP contribution >= 0.6 is 23.4 Å². The second kappa shape index (κ2) is 6.62. The van der Waals surface area contributed by atoms with Crippen molar-refractivity contribution in [3.05, 3.63) is 34.9 Å². The van der Waals surface area contributed by atoms with Crippen LogP contribution in [0.5, 0.6) is 0 Å². The Bertz CT molecular complexity index is 607. The lowest BCUT2D eigenvalue weighted by atomic mass is 10.2. The lowest BCUT2D eigenvalue weighted by Gasteiger charge is -2.15. The number of carbonyl (C=O) groups excluding carboxylic acids is 1. The van der Waals surface area contributed by atoms with Gasteiger partial charge in [0, 0.05) is 10.7 Å². The van der Waals surface area contributed by atoms with Gasteiger partial charge in [-0.05, 0) is 43.4 Å². The topological polar surface area (TPSA) is 45.0 Å². The summed E-state index contributed by atoms with van der Waals surface area (Å²) >= 11 is 7.44. The molecule has 0 N–H and O–H groups in total. The van der Waals surface area contributed by atoms with Gasteiger partial charge in [0.2, 0.25) is 5.91 Å². The standard InChI is InChI=1S/C15H16ClN3OS/c16-12-5-3-4-11(8-12)9-19-14(20)10-21-15(19)18-17-13-6-1-2-7-13/h3-5,8H,1-2,6-7,9-10H2/b18-15-. The maximum absolute atomic E-state index is 12.0. The fraction of sp³-hybridized carbons (Fsp3) is 0.400. The van der Waals surface area contributed by atoms with Crippen molar-refractivity contribution >= 4 is 40.1 Å². The molecule has 1 aromatic rings. The molecule has 4 nitrogen and oxygen atoms in total. The van der Waals surface area contributed by atoms with Gasteiger partial charge in [-0.1, -0.05) is 35.5 Å². The van der Waals surface area contributed by atoms with Gasteiger partial charge in [-0.2, -0.15) is 5.10 Å². The molecule has 6 heteroatoms. The van der Waals surface area contributed by atoms with Crippen LogP contribution in [0.25, 0.3) is 0 Å². The first kappa shape index (κ1) is 14.6.